The molecule has 24 heavy (non-hydrogen) atoms. The summed E-state index contributed by atoms with van der Waals surface area (Å²) in [6, 6.07) is 6.53. The van der Waals surface area contributed by atoms with Crippen LogP contribution in [0.5, 0.6) is 5.75 Å². The minimum Gasteiger partial charge on any atom is -0.497 e. The zero-order chi connectivity index (χ0) is 16.8. The lowest BCUT2D eigenvalue weighted by Crippen LogP contribution is -2.29. The molecule has 1 unspecified atom stereocenters. The van der Waals surface area contributed by atoms with Crippen LogP contribution in [0.15, 0.2) is 18.2 Å². The van der Waals surface area contributed by atoms with Crippen molar-refractivity contribution in [2.45, 2.75) is 32.2 Å². The SMILES string of the molecule is COc1ccc2c(c1)c(C(=O)N1CCC(CO)C1)c(C)n2C1CC1. The van der Waals surface area contributed by atoms with E-state index in [1.54, 1.807) is 7.11 Å². The molecule has 1 aromatic heterocycles. The fourth-order valence-corrected chi connectivity index (χ4v) is 3.95. The summed E-state index contributed by atoms with van der Waals surface area (Å²) in [7, 11) is 1.65. The zero-order valence-electron chi connectivity index (χ0n) is 14.3. The number of hydrogen-bond acceptors (Lipinski definition) is 3. The molecule has 1 atom stereocenters. The van der Waals surface area contributed by atoms with E-state index in [-0.39, 0.29) is 18.4 Å². The quantitative estimate of drug-likeness (QED) is 0.939. The first kappa shape index (κ1) is 15.5. The molecule has 1 aliphatic carbocycles. The minimum absolute atomic E-state index is 0.0844. The van der Waals surface area contributed by atoms with Crippen molar-refractivity contribution >= 4 is 16.8 Å². The topological polar surface area (TPSA) is 54.7 Å². The summed E-state index contributed by atoms with van der Waals surface area (Å²) in [5.41, 5.74) is 2.98. The normalized spacial score (nSPS) is 20.8. The lowest BCUT2D eigenvalue weighted by Gasteiger charge is -2.17. The van der Waals surface area contributed by atoms with Crippen molar-refractivity contribution in [2.24, 2.45) is 5.92 Å². The third kappa shape index (κ3) is 2.38. The van der Waals surface area contributed by atoms with E-state index in [1.165, 1.54) is 12.8 Å². The van der Waals surface area contributed by atoms with Crippen LogP contribution in [0.2, 0.25) is 0 Å². The summed E-state index contributed by atoms with van der Waals surface area (Å²) in [6.45, 7) is 3.58. The van der Waals surface area contributed by atoms with Crippen LogP contribution in [-0.4, -0.2) is 47.3 Å². The lowest BCUT2D eigenvalue weighted by molar-refractivity contribution is 0.0783. The van der Waals surface area contributed by atoms with Crippen LogP contribution in [-0.2, 0) is 0 Å². The molecule has 0 spiro atoms. The lowest BCUT2D eigenvalue weighted by atomic mass is 10.1. The van der Waals surface area contributed by atoms with E-state index >= 15 is 0 Å². The highest BCUT2D eigenvalue weighted by atomic mass is 16.5. The van der Waals surface area contributed by atoms with Crippen LogP contribution in [0.25, 0.3) is 10.9 Å². The van der Waals surface area contributed by atoms with Crippen molar-refractivity contribution < 1.29 is 14.6 Å². The first-order valence-electron chi connectivity index (χ1n) is 8.72. The molecule has 5 heteroatoms. The van der Waals surface area contributed by atoms with E-state index < -0.39 is 0 Å². The van der Waals surface area contributed by atoms with Crippen LogP contribution in [0.3, 0.4) is 0 Å². The summed E-state index contributed by atoms with van der Waals surface area (Å²) in [6.07, 6.45) is 3.24. The molecule has 1 aliphatic heterocycles. The van der Waals surface area contributed by atoms with Gasteiger partial charge in [0.1, 0.15) is 5.75 Å². The molecule has 2 heterocycles. The Bertz CT molecular complexity index is 791. The molecule has 5 nitrogen and oxygen atoms in total. The molecule has 2 aromatic rings. The zero-order valence-corrected chi connectivity index (χ0v) is 14.3. The van der Waals surface area contributed by atoms with Gasteiger partial charge in [-0.3, -0.25) is 4.79 Å². The van der Waals surface area contributed by atoms with Gasteiger partial charge in [-0.25, -0.2) is 0 Å². The second kappa shape index (κ2) is 5.81. The smallest absolute Gasteiger partial charge is 0.256 e. The number of aliphatic hydroxyl groups excluding tert-OH is 1. The molecule has 1 aromatic carbocycles. The molecule has 4 rings (SSSR count). The van der Waals surface area contributed by atoms with E-state index in [0.29, 0.717) is 12.6 Å². The largest absolute Gasteiger partial charge is 0.497 e. The van der Waals surface area contributed by atoms with Gasteiger partial charge in [-0.2, -0.15) is 0 Å². The Morgan fingerprint density at radius 2 is 2.12 bits per heavy atom. The molecule has 2 fully saturated rings. The van der Waals surface area contributed by atoms with Gasteiger partial charge in [0.15, 0.2) is 0 Å². The van der Waals surface area contributed by atoms with Crippen molar-refractivity contribution in [1.29, 1.82) is 0 Å². The van der Waals surface area contributed by atoms with Crippen LogP contribution < -0.4 is 4.74 Å². The molecule has 0 radical (unpaired) electrons. The van der Waals surface area contributed by atoms with E-state index in [1.807, 2.05) is 17.0 Å². The van der Waals surface area contributed by atoms with E-state index in [9.17, 15) is 9.90 Å². The Balaban J connectivity index is 1.81. The van der Waals surface area contributed by atoms with Gasteiger partial charge >= 0.3 is 0 Å². The van der Waals surface area contributed by atoms with E-state index in [2.05, 4.69) is 17.6 Å². The van der Waals surface area contributed by atoms with Crippen molar-refractivity contribution in [3.63, 3.8) is 0 Å². The number of carbonyl (C=O) groups excluding carboxylic acids is 1. The van der Waals surface area contributed by atoms with Gasteiger partial charge in [0.2, 0.25) is 0 Å². The van der Waals surface area contributed by atoms with Crippen LogP contribution >= 0.6 is 0 Å². The summed E-state index contributed by atoms with van der Waals surface area (Å²) in [5.74, 6) is 1.07. The summed E-state index contributed by atoms with van der Waals surface area (Å²) >= 11 is 0. The highest BCUT2D eigenvalue weighted by Gasteiger charge is 2.33. The van der Waals surface area contributed by atoms with Gasteiger partial charge in [0.25, 0.3) is 5.91 Å². The molecule has 128 valence electrons. The molecule has 0 bridgehead atoms. The molecular weight excluding hydrogens is 304 g/mol. The number of methoxy groups -OCH3 is 1. The maximum absolute atomic E-state index is 13.2. The molecule has 1 saturated carbocycles. The van der Waals surface area contributed by atoms with E-state index in [4.69, 9.17) is 4.74 Å². The maximum atomic E-state index is 13.2. The number of likely N-dealkylation sites (tertiary alicyclic amines) is 1. The van der Waals surface area contributed by atoms with Crippen molar-refractivity contribution in [3.8, 4) is 5.75 Å². The van der Waals surface area contributed by atoms with E-state index in [0.717, 1.165) is 40.9 Å². The highest BCUT2D eigenvalue weighted by Crippen LogP contribution is 2.42. The summed E-state index contributed by atoms with van der Waals surface area (Å²) < 4.78 is 7.70. The monoisotopic (exact) mass is 328 g/mol. The number of hydrogen-bond donors (Lipinski definition) is 1. The second-order valence-electron chi connectivity index (χ2n) is 7.03. The number of amides is 1. The predicted molar refractivity (Wildman–Crippen MR) is 92.6 cm³/mol. The number of ether oxygens (including phenoxy) is 1. The number of carbonyl (C=O) groups is 1. The number of fused-ring (bicyclic) bond motifs is 1. The Labute approximate surface area is 141 Å². The fraction of sp³-hybridized carbons (Fsp3) is 0.526. The molecule has 1 N–H and O–H groups in total. The third-order valence-corrected chi connectivity index (χ3v) is 5.41. The number of aliphatic hydroxyl groups is 1. The average Bonchev–Trinajstić information content (AvgIpc) is 3.23. The maximum Gasteiger partial charge on any atom is 0.256 e. The van der Waals surface area contributed by atoms with Gasteiger partial charge in [0, 0.05) is 48.3 Å². The Morgan fingerprint density at radius 1 is 1.33 bits per heavy atom. The van der Waals surface area contributed by atoms with Crippen molar-refractivity contribution in [1.82, 2.24) is 9.47 Å². The summed E-state index contributed by atoms with van der Waals surface area (Å²) in [5, 5.41) is 10.3. The summed E-state index contributed by atoms with van der Waals surface area (Å²) in [4.78, 5) is 15.1. The molecule has 2 aliphatic rings. The number of rotatable bonds is 4. The van der Waals surface area contributed by atoms with Gasteiger partial charge < -0.3 is 19.3 Å². The second-order valence-corrected chi connectivity index (χ2v) is 7.03. The van der Waals surface area contributed by atoms with Crippen molar-refractivity contribution in [3.05, 3.63) is 29.5 Å². The van der Waals surface area contributed by atoms with Gasteiger partial charge in [-0.1, -0.05) is 0 Å². The van der Waals surface area contributed by atoms with Gasteiger partial charge in [-0.05, 0) is 44.4 Å². The van der Waals surface area contributed by atoms with Crippen LogP contribution in [0, 0.1) is 12.8 Å². The fourth-order valence-electron chi connectivity index (χ4n) is 3.95. The molecular formula is C19H24N2O3. The predicted octanol–water partition coefficient (Wildman–Crippen LogP) is 2.75. The first-order chi connectivity index (χ1) is 11.6. The molecule has 1 amide bonds. The standard InChI is InChI=1S/C19H24N2O3/c1-12-18(19(23)20-8-7-13(10-20)11-22)16-9-15(24-2)5-6-17(16)21(12)14-3-4-14/h5-6,9,13-14,22H,3-4,7-8,10-11H2,1-2H3. The Morgan fingerprint density at radius 3 is 2.75 bits per heavy atom. The first-order valence-corrected chi connectivity index (χ1v) is 8.72. The number of nitrogens with zero attached hydrogens (tertiary/aromatic N) is 2. The Hall–Kier alpha value is -2.01. The van der Waals surface area contributed by atoms with Crippen molar-refractivity contribution in [2.75, 3.05) is 26.8 Å². The minimum atomic E-state index is 0.0844. The average molecular weight is 328 g/mol. The van der Waals surface area contributed by atoms with Crippen LogP contribution in [0.1, 0.15) is 41.4 Å². The van der Waals surface area contributed by atoms with Gasteiger partial charge in [-0.15, -0.1) is 0 Å². The van der Waals surface area contributed by atoms with Crippen LogP contribution in [0.4, 0.5) is 0 Å². The van der Waals surface area contributed by atoms with Gasteiger partial charge in [0.05, 0.1) is 12.7 Å². The molecule has 1 saturated heterocycles. The number of aromatic nitrogens is 1. The Kier molecular flexibility index (Phi) is 3.76. The third-order valence-electron chi connectivity index (χ3n) is 5.41. The highest BCUT2D eigenvalue weighted by molar-refractivity contribution is 6.09. The number of benzene rings is 1.